The largest absolute Gasteiger partial charge is 0.491 e. The molecule has 1 aromatic carbocycles. The van der Waals surface area contributed by atoms with Crippen molar-refractivity contribution in [3.63, 3.8) is 0 Å². The van der Waals surface area contributed by atoms with Crippen LogP contribution in [0.15, 0.2) is 30.6 Å². The molecule has 0 aliphatic carbocycles. The molecule has 1 unspecified atom stereocenters. The van der Waals surface area contributed by atoms with Gasteiger partial charge in [0.2, 0.25) is 11.8 Å². The van der Waals surface area contributed by atoms with Gasteiger partial charge in [0.1, 0.15) is 24.5 Å². The van der Waals surface area contributed by atoms with Gasteiger partial charge < -0.3 is 30.0 Å². The molecular weight excluding hydrogens is 506 g/mol. The lowest BCUT2D eigenvalue weighted by atomic mass is 9.89. The van der Waals surface area contributed by atoms with Gasteiger partial charge in [-0.05, 0) is 43.4 Å². The minimum Gasteiger partial charge on any atom is -0.491 e. The van der Waals surface area contributed by atoms with Crippen LogP contribution in [0.3, 0.4) is 0 Å². The van der Waals surface area contributed by atoms with E-state index in [0.29, 0.717) is 67.9 Å². The Balaban J connectivity index is 0.938. The van der Waals surface area contributed by atoms with E-state index in [2.05, 4.69) is 20.6 Å². The van der Waals surface area contributed by atoms with Crippen molar-refractivity contribution in [3.05, 3.63) is 47.4 Å². The average molecular weight is 540 g/mol. The molecule has 0 radical (unpaired) electrons. The third kappa shape index (κ3) is 6.35. The Morgan fingerprint density at radius 3 is 2.59 bits per heavy atom. The molecule has 0 saturated carbocycles. The molecule has 2 aromatic rings. The molecule has 3 aliphatic rings. The Morgan fingerprint density at radius 1 is 1.03 bits per heavy atom. The number of nitrogens with one attached hydrogen (secondary N) is 2. The number of benzene rings is 1. The van der Waals surface area contributed by atoms with Crippen LogP contribution in [-0.2, 0) is 25.5 Å². The van der Waals surface area contributed by atoms with E-state index in [-0.39, 0.29) is 12.8 Å². The van der Waals surface area contributed by atoms with E-state index < -0.39 is 23.8 Å². The lowest BCUT2D eigenvalue weighted by Crippen LogP contribution is -2.47. The highest BCUT2D eigenvalue weighted by Crippen LogP contribution is 2.36. The topological polar surface area (TPSA) is 152 Å². The summed E-state index contributed by atoms with van der Waals surface area (Å²) in [6.45, 7) is 2.85. The molecular formula is C27H33N5O7. The van der Waals surface area contributed by atoms with Crippen LogP contribution in [0.1, 0.15) is 54.5 Å². The molecule has 3 atom stereocenters. The second kappa shape index (κ2) is 12.5. The molecule has 2 fully saturated rings. The van der Waals surface area contributed by atoms with Gasteiger partial charge in [-0.2, -0.15) is 4.90 Å². The van der Waals surface area contributed by atoms with Crippen LogP contribution in [0.25, 0.3) is 0 Å². The van der Waals surface area contributed by atoms with Crippen LogP contribution in [0.2, 0.25) is 0 Å². The maximum absolute atomic E-state index is 12.4. The Morgan fingerprint density at radius 2 is 1.79 bits per heavy atom. The van der Waals surface area contributed by atoms with Crippen molar-refractivity contribution in [1.82, 2.24) is 20.2 Å². The molecule has 39 heavy (non-hydrogen) atoms. The van der Waals surface area contributed by atoms with Crippen molar-refractivity contribution in [3.8, 4) is 5.75 Å². The summed E-state index contributed by atoms with van der Waals surface area (Å²) in [6.07, 6.45) is 3.67. The van der Waals surface area contributed by atoms with Crippen LogP contribution < -0.4 is 15.4 Å². The van der Waals surface area contributed by atoms with Crippen LogP contribution in [0.5, 0.6) is 5.75 Å². The first kappa shape index (κ1) is 27.0. The summed E-state index contributed by atoms with van der Waals surface area (Å²) in [4.78, 5) is 44.6. The molecule has 3 amide bonds. The first-order valence-electron chi connectivity index (χ1n) is 13.3. The monoisotopic (exact) mass is 539 g/mol. The number of likely N-dealkylation sites (tertiary alicyclic amines) is 1. The predicted octanol–water partition coefficient (Wildman–Crippen LogP) is 2.26. The van der Waals surface area contributed by atoms with Gasteiger partial charge in [-0.3, -0.25) is 9.59 Å². The van der Waals surface area contributed by atoms with E-state index in [9.17, 15) is 14.4 Å². The van der Waals surface area contributed by atoms with Crippen LogP contribution >= 0.6 is 0 Å². The molecule has 3 N–H and O–H groups in total. The minimum atomic E-state index is -1.54. The summed E-state index contributed by atoms with van der Waals surface area (Å²) in [5.74, 6) is -0.544. The van der Waals surface area contributed by atoms with Crippen molar-refractivity contribution >= 4 is 23.7 Å². The Bertz CT molecular complexity index is 1190. The zero-order valence-electron chi connectivity index (χ0n) is 21.6. The average Bonchev–Trinajstić information content (AvgIpc) is 3.32. The summed E-state index contributed by atoms with van der Waals surface area (Å²) in [7, 11) is 0. The van der Waals surface area contributed by atoms with Crippen LogP contribution in [0.4, 0.5) is 10.6 Å². The number of anilines is 1. The number of nitrogens with zero attached hydrogens (tertiary/aromatic N) is 3. The number of rotatable bonds is 12. The second-order valence-electron chi connectivity index (χ2n) is 9.79. The van der Waals surface area contributed by atoms with Crippen LogP contribution in [0, 0.1) is 0 Å². The number of amides is 3. The summed E-state index contributed by atoms with van der Waals surface area (Å²) < 4.78 is 16.9. The third-order valence-electron chi connectivity index (χ3n) is 7.30. The van der Waals surface area contributed by atoms with E-state index in [1.807, 2.05) is 0 Å². The van der Waals surface area contributed by atoms with Gasteiger partial charge in [0, 0.05) is 24.6 Å². The van der Waals surface area contributed by atoms with E-state index >= 15 is 0 Å². The number of imide groups is 3. The van der Waals surface area contributed by atoms with Gasteiger partial charge >= 0.3 is 6.09 Å². The van der Waals surface area contributed by atoms with Gasteiger partial charge in [0.15, 0.2) is 0 Å². The standard InChI is InChI=1S/C27H33N5O7/c33-23-8-6-20(26(34)32(23)27(35)36)17-1-4-19(5-2-17)39-14-13-38-12-11-37-10-9-28-25-21-15-18-3-7-22(31-18)24(21)29-16-30-25/h1-2,4-5,16,18,20,22,31H,3,6-15H2,(H,35,36)(H,28,29,30)/t18-,20?,22+/m0/s1. The highest BCUT2D eigenvalue weighted by atomic mass is 16.5. The maximum atomic E-state index is 12.4. The van der Waals surface area contributed by atoms with E-state index in [4.69, 9.17) is 19.3 Å². The third-order valence-corrected chi connectivity index (χ3v) is 7.30. The number of aromatic nitrogens is 2. The fourth-order valence-electron chi connectivity index (χ4n) is 5.39. The summed E-state index contributed by atoms with van der Waals surface area (Å²) in [5.41, 5.74) is 3.00. The molecule has 0 spiro atoms. The molecule has 12 heteroatoms. The van der Waals surface area contributed by atoms with E-state index in [0.717, 1.165) is 24.4 Å². The minimum absolute atomic E-state index is 0.0148. The van der Waals surface area contributed by atoms with E-state index in [1.54, 1.807) is 30.6 Å². The maximum Gasteiger partial charge on any atom is 0.421 e. The molecule has 3 aliphatic heterocycles. The van der Waals surface area contributed by atoms with Gasteiger partial charge in [-0.25, -0.2) is 14.8 Å². The Hall–Kier alpha value is -3.61. The number of carboxylic acid groups (broad SMARTS) is 1. The van der Waals surface area contributed by atoms with Gasteiger partial charge in [0.25, 0.3) is 0 Å². The number of ether oxygens (including phenoxy) is 3. The van der Waals surface area contributed by atoms with Gasteiger partial charge in [0.05, 0.1) is 44.1 Å². The van der Waals surface area contributed by atoms with Crippen molar-refractivity contribution < 1.29 is 33.7 Å². The smallest absolute Gasteiger partial charge is 0.421 e. The quantitative estimate of drug-likeness (QED) is 0.269. The zero-order valence-corrected chi connectivity index (χ0v) is 21.6. The number of piperidine rings is 1. The number of fused-ring (bicyclic) bond motifs is 4. The fourth-order valence-corrected chi connectivity index (χ4v) is 5.39. The van der Waals surface area contributed by atoms with E-state index in [1.165, 1.54) is 12.0 Å². The lowest BCUT2D eigenvalue weighted by Gasteiger charge is -2.27. The lowest BCUT2D eigenvalue weighted by molar-refractivity contribution is -0.146. The van der Waals surface area contributed by atoms with Gasteiger partial charge in [-0.15, -0.1) is 0 Å². The summed E-state index contributed by atoms with van der Waals surface area (Å²) in [5, 5.41) is 16.1. The summed E-state index contributed by atoms with van der Waals surface area (Å²) in [6, 6.07) is 7.75. The number of hydrogen-bond acceptors (Lipinski definition) is 10. The van der Waals surface area contributed by atoms with Crippen molar-refractivity contribution in [2.24, 2.45) is 0 Å². The highest BCUT2D eigenvalue weighted by molar-refractivity contribution is 6.11. The molecule has 4 heterocycles. The molecule has 1 aromatic heterocycles. The molecule has 208 valence electrons. The fraction of sp³-hybridized carbons (Fsp3) is 0.519. The molecule has 2 bridgehead atoms. The second-order valence-corrected chi connectivity index (χ2v) is 9.79. The Labute approximate surface area is 226 Å². The number of carbonyl (C=O) groups is 3. The highest BCUT2D eigenvalue weighted by Gasteiger charge is 2.39. The van der Waals surface area contributed by atoms with Crippen molar-refractivity contribution in [2.75, 3.05) is 44.9 Å². The Kier molecular flexibility index (Phi) is 8.64. The van der Waals surface area contributed by atoms with Gasteiger partial charge in [-0.1, -0.05) is 12.1 Å². The first-order chi connectivity index (χ1) is 19.0. The molecule has 2 saturated heterocycles. The molecule has 12 nitrogen and oxygen atoms in total. The SMILES string of the molecule is O=C(O)N1C(=O)CCC(c2ccc(OCCOCCOCCNc3ncnc4c3C[C@@H]3CC[C@H]4N3)cc2)C1=O. The van der Waals surface area contributed by atoms with Crippen molar-refractivity contribution in [1.29, 1.82) is 0 Å². The summed E-state index contributed by atoms with van der Waals surface area (Å²) >= 11 is 0. The normalized spacial score (nSPS) is 22.1. The molecule has 5 rings (SSSR count). The first-order valence-corrected chi connectivity index (χ1v) is 13.3. The van der Waals surface area contributed by atoms with Crippen LogP contribution in [-0.4, -0.2) is 83.5 Å². The predicted molar refractivity (Wildman–Crippen MR) is 139 cm³/mol. The zero-order chi connectivity index (χ0) is 27.2. The number of carbonyl (C=O) groups excluding carboxylic acids is 2. The van der Waals surface area contributed by atoms with Crippen molar-refractivity contribution in [2.45, 2.75) is 50.1 Å². The number of hydrogen-bond donors (Lipinski definition) is 3.